The minimum absolute atomic E-state index is 0.366. The van der Waals surface area contributed by atoms with Gasteiger partial charge in [-0.05, 0) is 43.3 Å². The fraction of sp³-hybridized carbons (Fsp3) is 0.769. The van der Waals surface area contributed by atoms with Gasteiger partial charge in [0.25, 0.3) is 0 Å². The van der Waals surface area contributed by atoms with Gasteiger partial charge in [-0.2, -0.15) is 5.10 Å². The van der Waals surface area contributed by atoms with Crippen molar-refractivity contribution < 1.29 is 0 Å². The molecule has 1 atom stereocenters. The van der Waals surface area contributed by atoms with Gasteiger partial charge in [0.15, 0.2) is 0 Å². The third-order valence-electron chi connectivity index (χ3n) is 3.22. The van der Waals surface area contributed by atoms with Gasteiger partial charge in [-0.1, -0.05) is 20.8 Å². The highest BCUT2D eigenvalue weighted by atomic mass is 15.2. The standard InChI is InChI=1S/C13H25N3/c1-13(2,3)12(9-14-4)7-6-11-8-15-16(5)10-11/h8,10,12,14H,6-7,9H2,1-5H3. The highest BCUT2D eigenvalue weighted by Gasteiger charge is 2.23. The van der Waals surface area contributed by atoms with Gasteiger partial charge in [0, 0.05) is 13.2 Å². The highest BCUT2D eigenvalue weighted by Crippen LogP contribution is 2.29. The first-order valence-corrected chi connectivity index (χ1v) is 6.05. The van der Waals surface area contributed by atoms with Crippen LogP contribution in [-0.4, -0.2) is 23.4 Å². The second kappa shape index (κ2) is 5.48. The summed E-state index contributed by atoms with van der Waals surface area (Å²) < 4.78 is 1.87. The first-order valence-electron chi connectivity index (χ1n) is 6.05. The molecule has 0 amide bonds. The van der Waals surface area contributed by atoms with Crippen molar-refractivity contribution >= 4 is 0 Å². The van der Waals surface area contributed by atoms with Gasteiger partial charge in [0.05, 0.1) is 6.20 Å². The lowest BCUT2D eigenvalue weighted by Crippen LogP contribution is -2.30. The molecule has 0 saturated heterocycles. The number of rotatable bonds is 5. The van der Waals surface area contributed by atoms with Crippen molar-refractivity contribution in [1.82, 2.24) is 15.1 Å². The molecule has 1 aromatic rings. The minimum Gasteiger partial charge on any atom is -0.319 e. The third-order valence-corrected chi connectivity index (χ3v) is 3.22. The van der Waals surface area contributed by atoms with Gasteiger partial charge in [-0.25, -0.2) is 0 Å². The molecule has 1 unspecified atom stereocenters. The van der Waals surface area contributed by atoms with Crippen molar-refractivity contribution in [3.63, 3.8) is 0 Å². The lowest BCUT2D eigenvalue weighted by Gasteiger charge is -2.30. The monoisotopic (exact) mass is 223 g/mol. The van der Waals surface area contributed by atoms with E-state index in [1.165, 1.54) is 12.0 Å². The molecule has 16 heavy (non-hydrogen) atoms. The van der Waals surface area contributed by atoms with Crippen LogP contribution in [0.25, 0.3) is 0 Å². The molecule has 92 valence electrons. The lowest BCUT2D eigenvalue weighted by atomic mass is 9.77. The van der Waals surface area contributed by atoms with Gasteiger partial charge < -0.3 is 5.32 Å². The zero-order valence-corrected chi connectivity index (χ0v) is 11.2. The maximum atomic E-state index is 4.20. The minimum atomic E-state index is 0.366. The van der Waals surface area contributed by atoms with Crippen LogP contribution in [0.1, 0.15) is 32.8 Å². The summed E-state index contributed by atoms with van der Waals surface area (Å²) in [6.07, 6.45) is 6.42. The van der Waals surface area contributed by atoms with Crippen molar-refractivity contribution in [2.75, 3.05) is 13.6 Å². The van der Waals surface area contributed by atoms with E-state index in [0.717, 1.165) is 13.0 Å². The Hall–Kier alpha value is -0.830. The molecule has 0 aliphatic carbocycles. The molecule has 0 spiro atoms. The fourth-order valence-corrected chi connectivity index (χ4v) is 2.03. The largest absolute Gasteiger partial charge is 0.319 e. The Morgan fingerprint density at radius 2 is 2.12 bits per heavy atom. The fourth-order valence-electron chi connectivity index (χ4n) is 2.03. The Morgan fingerprint density at radius 1 is 1.44 bits per heavy atom. The first-order chi connectivity index (χ1) is 7.43. The second-order valence-corrected chi connectivity index (χ2v) is 5.68. The van der Waals surface area contributed by atoms with Crippen LogP contribution in [-0.2, 0) is 13.5 Å². The van der Waals surface area contributed by atoms with Crippen molar-refractivity contribution in [3.05, 3.63) is 18.0 Å². The van der Waals surface area contributed by atoms with Crippen LogP contribution in [0, 0.1) is 11.3 Å². The molecular formula is C13H25N3. The molecule has 3 heteroatoms. The quantitative estimate of drug-likeness (QED) is 0.829. The number of aryl methyl sites for hydroxylation is 2. The van der Waals surface area contributed by atoms with Crippen LogP contribution >= 0.6 is 0 Å². The normalized spacial score (nSPS) is 14.1. The van der Waals surface area contributed by atoms with E-state index < -0.39 is 0 Å². The van der Waals surface area contributed by atoms with E-state index >= 15 is 0 Å². The summed E-state index contributed by atoms with van der Waals surface area (Å²) in [6, 6.07) is 0. The van der Waals surface area contributed by atoms with E-state index in [4.69, 9.17) is 0 Å². The van der Waals surface area contributed by atoms with Crippen molar-refractivity contribution in [2.24, 2.45) is 18.4 Å². The molecule has 0 saturated carbocycles. The number of hydrogen-bond acceptors (Lipinski definition) is 2. The Kier molecular flexibility index (Phi) is 4.54. The summed E-state index contributed by atoms with van der Waals surface area (Å²) >= 11 is 0. The van der Waals surface area contributed by atoms with Gasteiger partial charge in [0.1, 0.15) is 0 Å². The lowest BCUT2D eigenvalue weighted by molar-refractivity contribution is 0.222. The van der Waals surface area contributed by atoms with Gasteiger partial charge in [-0.15, -0.1) is 0 Å². The predicted molar refractivity (Wildman–Crippen MR) is 68.4 cm³/mol. The first kappa shape index (κ1) is 13.2. The van der Waals surface area contributed by atoms with Crippen LogP contribution in [0.15, 0.2) is 12.4 Å². The molecule has 0 aliphatic heterocycles. The summed E-state index contributed by atoms with van der Waals surface area (Å²) in [5.74, 6) is 0.706. The molecule has 0 bridgehead atoms. The van der Waals surface area contributed by atoms with Crippen LogP contribution in [0.2, 0.25) is 0 Å². The molecule has 0 aliphatic rings. The van der Waals surface area contributed by atoms with E-state index in [1.54, 1.807) is 0 Å². The summed E-state index contributed by atoms with van der Waals surface area (Å²) in [6.45, 7) is 8.04. The Morgan fingerprint density at radius 3 is 2.56 bits per heavy atom. The summed E-state index contributed by atoms with van der Waals surface area (Å²) in [7, 11) is 4.00. The van der Waals surface area contributed by atoms with E-state index in [2.05, 4.69) is 37.4 Å². The molecule has 1 N–H and O–H groups in total. The third kappa shape index (κ3) is 3.97. The SMILES string of the molecule is CNCC(CCc1cnn(C)c1)C(C)(C)C. The molecule has 1 heterocycles. The molecule has 1 aromatic heterocycles. The van der Waals surface area contributed by atoms with Gasteiger partial charge >= 0.3 is 0 Å². The van der Waals surface area contributed by atoms with Crippen molar-refractivity contribution in [1.29, 1.82) is 0 Å². The summed E-state index contributed by atoms with van der Waals surface area (Å²) in [5.41, 5.74) is 1.71. The zero-order valence-electron chi connectivity index (χ0n) is 11.2. The molecule has 0 fully saturated rings. The molecular weight excluding hydrogens is 198 g/mol. The maximum absolute atomic E-state index is 4.20. The van der Waals surface area contributed by atoms with Crippen LogP contribution < -0.4 is 5.32 Å². The predicted octanol–water partition coefficient (Wildman–Crippen LogP) is 2.23. The van der Waals surface area contributed by atoms with Crippen LogP contribution in [0.3, 0.4) is 0 Å². The molecule has 3 nitrogen and oxygen atoms in total. The topological polar surface area (TPSA) is 29.9 Å². The van der Waals surface area contributed by atoms with E-state index in [1.807, 2.05) is 25.0 Å². The number of nitrogens with zero attached hydrogens (tertiary/aromatic N) is 2. The Bertz CT molecular complexity index is 309. The maximum Gasteiger partial charge on any atom is 0.0521 e. The molecule has 0 aromatic carbocycles. The van der Waals surface area contributed by atoms with Crippen molar-refractivity contribution in [3.8, 4) is 0 Å². The number of nitrogens with one attached hydrogen (secondary N) is 1. The average molecular weight is 223 g/mol. The summed E-state index contributed by atoms with van der Waals surface area (Å²) in [4.78, 5) is 0. The zero-order chi connectivity index (χ0) is 12.2. The smallest absolute Gasteiger partial charge is 0.0521 e. The molecule has 1 rings (SSSR count). The number of hydrogen-bond donors (Lipinski definition) is 1. The van der Waals surface area contributed by atoms with E-state index in [-0.39, 0.29) is 0 Å². The molecule has 0 radical (unpaired) electrons. The van der Waals surface area contributed by atoms with Crippen LogP contribution in [0.5, 0.6) is 0 Å². The Labute approximate surface area is 99.2 Å². The van der Waals surface area contributed by atoms with Crippen molar-refractivity contribution in [2.45, 2.75) is 33.6 Å². The second-order valence-electron chi connectivity index (χ2n) is 5.68. The van der Waals surface area contributed by atoms with E-state index in [0.29, 0.717) is 11.3 Å². The highest BCUT2D eigenvalue weighted by molar-refractivity contribution is 5.04. The number of aromatic nitrogens is 2. The van der Waals surface area contributed by atoms with E-state index in [9.17, 15) is 0 Å². The van der Waals surface area contributed by atoms with Crippen LogP contribution in [0.4, 0.5) is 0 Å². The average Bonchev–Trinajstić information content (AvgIpc) is 2.57. The summed E-state index contributed by atoms with van der Waals surface area (Å²) in [5, 5.41) is 7.50. The Balaban J connectivity index is 2.50. The van der Waals surface area contributed by atoms with Gasteiger partial charge in [-0.3, -0.25) is 4.68 Å². The van der Waals surface area contributed by atoms with Gasteiger partial charge in [0.2, 0.25) is 0 Å².